The first-order chi connectivity index (χ1) is 12.7. The molecule has 3 rings (SSSR count). The summed E-state index contributed by atoms with van der Waals surface area (Å²) < 4.78 is 11.3. The van der Waals surface area contributed by atoms with E-state index in [9.17, 15) is 5.11 Å². The molecule has 2 aliphatic rings. The van der Waals surface area contributed by atoms with Gasteiger partial charge in [0.15, 0.2) is 5.96 Å². The summed E-state index contributed by atoms with van der Waals surface area (Å²) >= 11 is 0. The molecule has 1 aromatic heterocycles. The molecule has 2 saturated carbocycles. The van der Waals surface area contributed by atoms with Crippen molar-refractivity contribution in [2.45, 2.75) is 70.6 Å². The highest BCUT2D eigenvalue weighted by Crippen LogP contribution is 2.53. The largest absolute Gasteiger partial charge is 0.467 e. The highest BCUT2D eigenvalue weighted by Gasteiger charge is 2.55. The minimum absolute atomic E-state index is 0.240. The van der Waals surface area contributed by atoms with Crippen molar-refractivity contribution in [1.29, 1.82) is 0 Å². The SMILES string of the molecule is CCNC(=NCC(O)c1ccco1)NC1CC(OCC)C12CCCCC2. The minimum atomic E-state index is -0.721. The lowest BCUT2D eigenvalue weighted by Crippen LogP contribution is -2.66. The predicted octanol–water partition coefficient (Wildman–Crippen LogP) is 3.00. The fourth-order valence-corrected chi connectivity index (χ4v) is 4.50. The van der Waals surface area contributed by atoms with E-state index in [0.29, 0.717) is 17.9 Å². The van der Waals surface area contributed by atoms with Gasteiger partial charge in [-0.1, -0.05) is 19.3 Å². The van der Waals surface area contributed by atoms with Gasteiger partial charge in [0.2, 0.25) is 0 Å². The van der Waals surface area contributed by atoms with Crippen molar-refractivity contribution in [1.82, 2.24) is 10.6 Å². The first-order valence-corrected chi connectivity index (χ1v) is 10.1. The zero-order chi connectivity index (χ0) is 18.4. The maximum atomic E-state index is 10.2. The monoisotopic (exact) mass is 363 g/mol. The van der Waals surface area contributed by atoms with Crippen LogP contribution in [0.5, 0.6) is 0 Å². The molecule has 3 atom stereocenters. The summed E-state index contributed by atoms with van der Waals surface area (Å²) in [6, 6.07) is 3.94. The molecule has 2 fully saturated rings. The summed E-state index contributed by atoms with van der Waals surface area (Å²) in [7, 11) is 0. The van der Waals surface area contributed by atoms with E-state index in [2.05, 4.69) is 29.5 Å². The Morgan fingerprint density at radius 2 is 2.19 bits per heavy atom. The summed E-state index contributed by atoms with van der Waals surface area (Å²) in [5.74, 6) is 1.32. The highest BCUT2D eigenvalue weighted by molar-refractivity contribution is 5.80. The van der Waals surface area contributed by atoms with Crippen molar-refractivity contribution >= 4 is 5.96 Å². The molecular weight excluding hydrogens is 330 g/mol. The Bertz CT molecular complexity index is 567. The van der Waals surface area contributed by atoms with Gasteiger partial charge in [0.1, 0.15) is 11.9 Å². The number of nitrogens with zero attached hydrogens (tertiary/aromatic N) is 1. The van der Waals surface area contributed by atoms with Crippen LogP contribution in [0.25, 0.3) is 0 Å². The molecule has 1 heterocycles. The van der Waals surface area contributed by atoms with E-state index >= 15 is 0 Å². The third-order valence-corrected chi connectivity index (χ3v) is 5.89. The highest BCUT2D eigenvalue weighted by atomic mass is 16.5. The van der Waals surface area contributed by atoms with E-state index in [0.717, 1.165) is 25.5 Å². The number of aliphatic hydroxyl groups is 1. The van der Waals surface area contributed by atoms with Crippen LogP contribution in [-0.2, 0) is 4.74 Å². The van der Waals surface area contributed by atoms with Crippen molar-refractivity contribution in [3.05, 3.63) is 24.2 Å². The molecule has 0 radical (unpaired) electrons. The van der Waals surface area contributed by atoms with E-state index in [1.54, 1.807) is 18.4 Å². The number of aliphatic hydroxyl groups excluding tert-OH is 1. The fraction of sp³-hybridized carbons (Fsp3) is 0.750. The van der Waals surface area contributed by atoms with Gasteiger partial charge in [0.25, 0.3) is 0 Å². The molecule has 2 aliphatic carbocycles. The molecule has 3 unspecified atom stereocenters. The molecule has 1 spiro atoms. The van der Waals surface area contributed by atoms with Crippen LogP contribution in [0.15, 0.2) is 27.8 Å². The molecule has 146 valence electrons. The average Bonchev–Trinajstić information content (AvgIpc) is 3.20. The van der Waals surface area contributed by atoms with Crippen molar-refractivity contribution in [3.63, 3.8) is 0 Å². The second-order valence-corrected chi connectivity index (χ2v) is 7.42. The average molecular weight is 364 g/mol. The molecule has 6 nitrogen and oxygen atoms in total. The molecule has 0 amide bonds. The Morgan fingerprint density at radius 1 is 1.38 bits per heavy atom. The van der Waals surface area contributed by atoms with Crippen LogP contribution >= 0.6 is 0 Å². The smallest absolute Gasteiger partial charge is 0.191 e. The van der Waals surface area contributed by atoms with Gasteiger partial charge in [-0.15, -0.1) is 0 Å². The van der Waals surface area contributed by atoms with Crippen LogP contribution < -0.4 is 10.6 Å². The Kier molecular flexibility index (Phi) is 6.59. The topological polar surface area (TPSA) is 79.0 Å². The van der Waals surface area contributed by atoms with Gasteiger partial charge in [0.05, 0.1) is 18.9 Å². The number of aliphatic imine (C=N–C) groups is 1. The lowest BCUT2D eigenvalue weighted by molar-refractivity contribution is -0.145. The van der Waals surface area contributed by atoms with Crippen LogP contribution in [-0.4, -0.2) is 42.9 Å². The van der Waals surface area contributed by atoms with Crippen molar-refractivity contribution in [2.24, 2.45) is 10.4 Å². The third kappa shape index (κ3) is 4.07. The van der Waals surface area contributed by atoms with E-state index < -0.39 is 6.10 Å². The maximum Gasteiger partial charge on any atom is 0.191 e. The second kappa shape index (κ2) is 8.91. The lowest BCUT2D eigenvalue weighted by Gasteiger charge is -2.58. The van der Waals surface area contributed by atoms with E-state index in [1.807, 2.05) is 0 Å². The van der Waals surface area contributed by atoms with Crippen LogP contribution in [0.3, 0.4) is 0 Å². The number of furan rings is 1. The van der Waals surface area contributed by atoms with Gasteiger partial charge in [0, 0.05) is 24.6 Å². The molecule has 3 N–H and O–H groups in total. The van der Waals surface area contributed by atoms with Crippen LogP contribution in [0.1, 0.15) is 64.2 Å². The Hall–Kier alpha value is -1.53. The zero-order valence-corrected chi connectivity index (χ0v) is 16.0. The first kappa shape index (κ1) is 19.2. The first-order valence-electron chi connectivity index (χ1n) is 10.1. The van der Waals surface area contributed by atoms with Crippen molar-refractivity contribution < 1.29 is 14.3 Å². The number of hydrogen-bond acceptors (Lipinski definition) is 4. The molecule has 26 heavy (non-hydrogen) atoms. The molecular formula is C20H33N3O3. The van der Waals surface area contributed by atoms with Gasteiger partial charge in [-0.3, -0.25) is 4.99 Å². The summed E-state index contributed by atoms with van der Waals surface area (Å²) in [6.07, 6.45) is 8.59. The van der Waals surface area contributed by atoms with Gasteiger partial charge in [-0.2, -0.15) is 0 Å². The number of ether oxygens (including phenoxy) is 1. The summed E-state index contributed by atoms with van der Waals surface area (Å²) in [6.45, 7) is 5.98. The number of nitrogens with one attached hydrogen (secondary N) is 2. The second-order valence-electron chi connectivity index (χ2n) is 7.42. The van der Waals surface area contributed by atoms with Gasteiger partial charge in [-0.25, -0.2) is 0 Å². The molecule has 1 aromatic rings. The van der Waals surface area contributed by atoms with Crippen molar-refractivity contribution in [2.75, 3.05) is 19.7 Å². The number of hydrogen-bond donors (Lipinski definition) is 3. The molecule has 0 aromatic carbocycles. The maximum absolute atomic E-state index is 10.2. The standard InChI is InChI=1S/C20H33N3O3/c1-3-21-19(22-14-15(24)16-9-8-12-26-16)23-17-13-18(25-4-2)20(17)10-6-5-7-11-20/h8-9,12,15,17-18,24H,3-7,10-11,13-14H2,1-2H3,(H2,21,22,23). The third-order valence-electron chi connectivity index (χ3n) is 5.89. The summed E-state index contributed by atoms with van der Waals surface area (Å²) in [5, 5.41) is 17.1. The molecule has 6 heteroatoms. The van der Waals surface area contributed by atoms with Crippen molar-refractivity contribution in [3.8, 4) is 0 Å². The molecule has 0 saturated heterocycles. The van der Waals surface area contributed by atoms with Crippen LogP contribution in [0, 0.1) is 5.41 Å². The number of rotatable bonds is 7. The van der Waals surface area contributed by atoms with Crippen LogP contribution in [0.4, 0.5) is 0 Å². The number of guanidine groups is 1. The van der Waals surface area contributed by atoms with Crippen LogP contribution in [0.2, 0.25) is 0 Å². The molecule has 0 aliphatic heterocycles. The van der Waals surface area contributed by atoms with E-state index in [1.165, 1.54) is 32.1 Å². The normalized spacial score (nSPS) is 26.3. The minimum Gasteiger partial charge on any atom is -0.467 e. The molecule has 0 bridgehead atoms. The Morgan fingerprint density at radius 3 is 2.85 bits per heavy atom. The predicted molar refractivity (Wildman–Crippen MR) is 102 cm³/mol. The quantitative estimate of drug-likeness (QED) is 0.513. The lowest BCUT2D eigenvalue weighted by atomic mass is 9.55. The zero-order valence-electron chi connectivity index (χ0n) is 16.0. The van der Waals surface area contributed by atoms with Gasteiger partial charge >= 0.3 is 0 Å². The van der Waals surface area contributed by atoms with Gasteiger partial charge in [-0.05, 0) is 45.2 Å². The van der Waals surface area contributed by atoms with E-state index in [-0.39, 0.29) is 12.0 Å². The summed E-state index contributed by atoms with van der Waals surface area (Å²) in [4.78, 5) is 4.58. The Labute approximate surface area is 156 Å². The fourth-order valence-electron chi connectivity index (χ4n) is 4.50. The van der Waals surface area contributed by atoms with Gasteiger partial charge < -0.3 is 24.9 Å². The summed E-state index contributed by atoms with van der Waals surface area (Å²) in [5.41, 5.74) is 0.240. The Balaban J connectivity index is 1.64. The van der Waals surface area contributed by atoms with E-state index in [4.69, 9.17) is 9.15 Å².